The van der Waals surface area contributed by atoms with Crippen LogP contribution in [-0.4, -0.2) is 19.1 Å². The number of nitrogens with two attached hydrogens (primary N) is 1. The molecule has 1 atom stereocenters. The smallest absolute Gasteiger partial charge is 0.369 e. The van der Waals surface area contributed by atoms with Crippen LogP contribution < -0.4 is 20.1 Å². The van der Waals surface area contributed by atoms with Crippen molar-refractivity contribution in [2.75, 3.05) is 18.0 Å². The van der Waals surface area contributed by atoms with E-state index in [1.165, 1.54) is 0 Å². The molecular formula is C19H18ClN5O2. The van der Waals surface area contributed by atoms with Gasteiger partial charge in [-0.1, -0.05) is 18.2 Å². The predicted octanol–water partition coefficient (Wildman–Crippen LogP) is 1.60. The van der Waals surface area contributed by atoms with Crippen molar-refractivity contribution in [1.82, 2.24) is 0 Å². The van der Waals surface area contributed by atoms with E-state index in [0.29, 0.717) is 21.6 Å². The van der Waals surface area contributed by atoms with E-state index >= 15 is 0 Å². The number of anilines is 1. The minimum Gasteiger partial charge on any atom is -0.617 e. The first-order valence-corrected chi connectivity index (χ1v) is 8.39. The number of rotatable bonds is 2. The maximum absolute atomic E-state index is 12.9. The highest BCUT2D eigenvalue weighted by Crippen LogP contribution is 2.25. The number of halogens is 1. The van der Waals surface area contributed by atoms with Crippen LogP contribution in [0.5, 0.6) is 0 Å². The van der Waals surface area contributed by atoms with Gasteiger partial charge in [-0.25, -0.2) is 0 Å². The highest BCUT2D eigenvalue weighted by Gasteiger charge is 2.30. The van der Waals surface area contributed by atoms with Gasteiger partial charge in [-0.3, -0.25) is 0 Å². The molecule has 1 aliphatic heterocycles. The van der Waals surface area contributed by atoms with E-state index in [1.807, 2.05) is 18.2 Å². The second-order valence-electron chi connectivity index (χ2n) is 6.43. The Kier molecular flexibility index (Phi) is 5.04. The van der Waals surface area contributed by atoms with Crippen LogP contribution in [-0.2, 0) is 0 Å². The fraction of sp³-hybridized carbons (Fsp3) is 0.211. The second kappa shape index (κ2) is 7.27. The van der Waals surface area contributed by atoms with E-state index in [2.05, 4.69) is 4.90 Å². The fourth-order valence-corrected chi connectivity index (χ4v) is 3.45. The summed E-state index contributed by atoms with van der Waals surface area (Å²) in [5, 5.41) is 35.3. The van der Waals surface area contributed by atoms with Crippen LogP contribution in [0.2, 0.25) is 0 Å². The SMILES string of the molecule is Cl.N#Cc1c(-c2ccccc2)[n+]([O-])c2ccc(N3CC[C@@H](N)C3)cc2[n+]1[O-]. The molecule has 0 spiro atoms. The summed E-state index contributed by atoms with van der Waals surface area (Å²) in [4.78, 5) is 2.08. The summed E-state index contributed by atoms with van der Waals surface area (Å²) < 4.78 is 1.21. The van der Waals surface area contributed by atoms with E-state index in [9.17, 15) is 15.7 Å². The summed E-state index contributed by atoms with van der Waals surface area (Å²) in [5.41, 5.74) is 7.56. The van der Waals surface area contributed by atoms with Crippen LogP contribution in [0.3, 0.4) is 0 Å². The van der Waals surface area contributed by atoms with Crippen molar-refractivity contribution in [2.24, 2.45) is 5.73 Å². The highest BCUT2D eigenvalue weighted by atomic mass is 35.5. The molecular weight excluding hydrogens is 366 g/mol. The van der Waals surface area contributed by atoms with E-state index in [1.54, 1.807) is 36.4 Å². The Hall–Kier alpha value is -3.08. The molecule has 8 heteroatoms. The van der Waals surface area contributed by atoms with Crippen molar-refractivity contribution in [2.45, 2.75) is 12.5 Å². The zero-order valence-corrected chi connectivity index (χ0v) is 15.2. The van der Waals surface area contributed by atoms with Crippen LogP contribution >= 0.6 is 12.4 Å². The molecule has 27 heavy (non-hydrogen) atoms. The molecule has 3 aromatic rings. The molecule has 0 radical (unpaired) electrons. The van der Waals surface area contributed by atoms with E-state index in [0.717, 1.165) is 18.7 Å². The Morgan fingerprint density at radius 2 is 1.81 bits per heavy atom. The van der Waals surface area contributed by atoms with Crippen molar-refractivity contribution < 1.29 is 9.46 Å². The average molecular weight is 384 g/mol. The van der Waals surface area contributed by atoms with E-state index in [4.69, 9.17) is 5.73 Å². The molecule has 2 heterocycles. The lowest BCUT2D eigenvalue weighted by molar-refractivity contribution is -0.622. The number of benzene rings is 2. The van der Waals surface area contributed by atoms with Gasteiger partial charge in [0, 0.05) is 37.0 Å². The molecule has 138 valence electrons. The van der Waals surface area contributed by atoms with Gasteiger partial charge in [0.2, 0.25) is 0 Å². The van der Waals surface area contributed by atoms with Crippen molar-refractivity contribution in [3.8, 4) is 17.3 Å². The lowest BCUT2D eigenvalue weighted by atomic mass is 10.1. The summed E-state index contributed by atoms with van der Waals surface area (Å²) in [6.45, 7) is 1.51. The molecule has 2 aromatic carbocycles. The third-order valence-electron chi connectivity index (χ3n) is 4.77. The zero-order chi connectivity index (χ0) is 18.3. The van der Waals surface area contributed by atoms with Gasteiger partial charge >= 0.3 is 11.4 Å². The second-order valence-corrected chi connectivity index (χ2v) is 6.43. The molecule has 4 rings (SSSR count). The summed E-state index contributed by atoms with van der Waals surface area (Å²) in [6.07, 6.45) is 0.882. The summed E-state index contributed by atoms with van der Waals surface area (Å²) >= 11 is 0. The molecule has 0 amide bonds. The van der Waals surface area contributed by atoms with Crippen molar-refractivity contribution >= 4 is 29.1 Å². The molecule has 0 unspecified atom stereocenters. The molecule has 1 aromatic heterocycles. The van der Waals surface area contributed by atoms with Gasteiger partial charge in [-0.2, -0.15) is 9.99 Å². The molecule has 0 bridgehead atoms. The van der Waals surface area contributed by atoms with Gasteiger partial charge in [0.05, 0.1) is 5.56 Å². The number of hydrogen-bond donors (Lipinski definition) is 1. The Labute approximate surface area is 162 Å². The van der Waals surface area contributed by atoms with Crippen LogP contribution in [0, 0.1) is 21.7 Å². The van der Waals surface area contributed by atoms with Crippen molar-refractivity contribution in [1.29, 1.82) is 5.26 Å². The number of hydrogen-bond acceptors (Lipinski definition) is 5. The first-order valence-electron chi connectivity index (χ1n) is 8.39. The first kappa shape index (κ1) is 18.7. The molecule has 1 fully saturated rings. The van der Waals surface area contributed by atoms with Crippen LogP contribution in [0.15, 0.2) is 48.5 Å². The number of aromatic nitrogens is 2. The lowest BCUT2D eigenvalue weighted by Crippen LogP contribution is -2.43. The zero-order valence-electron chi connectivity index (χ0n) is 14.4. The number of nitriles is 1. The molecule has 1 saturated heterocycles. The lowest BCUT2D eigenvalue weighted by Gasteiger charge is -2.18. The maximum Gasteiger partial charge on any atom is 0.369 e. The van der Waals surface area contributed by atoms with Crippen LogP contribution in [0.1, 0.15) is 12.1 Å². The van der Waals surface area contributed by atoms with Crippen molar-refractivity contribution in [3.63, 3.8) is 0 Å². The normalized spacial score (nSPS) is 16.1. The summed E-state index contributed by atoms with van der Waals surface area (Å²) in [5.74, 6) is 0. The maximum atomic E-state index is 12.9. The predicted molar refractivity (Wildman–Crippen MR) is 104 cm³/mol. The minimum atomic E-state index is -0.214. The average Bonchev–Trinajstić information content (AvgIpc) is 3.11. The van der Waals surface area contributed by atoms with E-state index < -0.39 is 0 Å². The van der Waals surface area contributed by atoms with Gasteiger partial charge < -0.3 is 21.0 Å². The fourth-order valence-electron chi connectivity index (χ4n) is 3.45. The molecule has 2 N–H and O–H groups in total. The molecule has 0 aliphatic carbocycles. The largest absolute Gasteiger partial charge is 0.617 e. The van der Waals surface area contributed by atoms with Gasteiger partial charge in [0.25, 0.3) is 11.0 Å². The molecule has 0 saturated carbocycles. The third kappa shape index (κ3) is 3.10. The Morgan fingerprint density at radius 1 is 1.07 bits per heavy atom. The summed E-state index contributed by atoms with van der Waals surface area (Å²) in [6, 6.07) is 15.8. The highest BCUT2D eigenvalue weighted by molar-refractivity contribution is 5.85. The van der Waals surface area contributed by atoms with Gasteiger partial charge in [-0.15, -0.1) is 17.1 Å². The van der Waals surface area contributed by atoms with Gasteiger partial charge in [-0.05, 0) is 24.6 Å². The molecule has 1 aliphatic rings. The number of nitrogens with zero attached hydrogens (tertiary/aromatic N) is 4. The van der Waals surface area contributed by atoms with Gasteiger partial charge in [0.15, 0.2) is 6.07 Å². The van der Waals surface area contributed by atoms with Crippen LogP contribution in [0.25, 0.3) is 22.3 Å². The topological polar surface area (TPSA) is 107 Å². The van der Waals surface area contributed by atoms with Gasteiger partial charge in [0.1, 0.15) is 0 Å². The van der Waals surface area contributed by atoms with Crippen LogP contribution in [0.4, 0.5) is 5.69 Å². The quantitative estimate of drug-likeness (QED) is 0.534. The summed E-state index contributed by atoms with van der Waals surface area (Å²) in [7, 11) is 0. The number of fused-ring (bicyclic) bond motifs is 1. The standard InChI is InChI=1S/C19H17N5O2.ClH/c20-11-18-19(13-4-2-1-3-5-13)24(26)16-7-6-15(10-17(16)23(18)25)22-9-8-14(21)12-22;/h1-7,10,14H,8-9,12,21H2;1H/t14-;/m1./s1. The Morgan fingerprint density at radius 3 is 2.44 bits per heavy atom. The van der Waals surface area contributed by atoms with E-state index in [-0.39, 0.29) is 40.9 Å². The Bertz CT molecular complexity index is 1040. The Balaban J connectivity index is 0.00000210. The van der Waals surface area contributed by atoms with Crippen molar-refractivity contribution in [3.05, 3.63) is 64.6 Å². The molecule has 7 nitrogen and oxygen atoms in total. The minimum absolute atomic E-state index is 0. The third-order valence-corrected chi connectivity index (χ3v) is 4.77. The first-order chi connectivity index (χ1) is 12.6. The monoisotopic (exact) mass is 383 g/mol.